The maximum Gasteiger partial charge on any atom is 0.232 e. The van der Waals surface area contributed by atoms with Crippen LogP contribution in [0, 0.1) is 0 Å². The van der Waals surface area contributed by atoms with Gasteiger partial charge in [-0.3, -0.25) is 4.40 Å². The molecule has 0 atom stereocenters. The second-order valence-corrected chi connectivity index (χ2v) is 7.27. The van der Waals surface area contributed by atoms with Crippen LogP contribution in [0.25, 0.3) is 16.8 Å². The maximum atomic E-state index is 6.16. The number of ether oxygens (including phenoxy) is 2. The smallest absolute Gasteiger partial charge is 0.232 e. The number of imidazole rings is 1. The lowest BCUT2D eigenvalue weighted by atomic mass is 9.93. The Morgan fingerprint density at radius 1 is 1.12 bits per heavy atom. The zero-order valence-electron chi connectivity index (χ0n) is 14.4. The van der Waals surface area contributed by atoms with Crippen molar-refractivity contribution < 1.29 is 9.47 Å². The van der Waals surface area contributed by atoms with Gasteiger partial charge in [0, 0.05) is 19.4 Å². The van der Waals surface area contributed by atoms with Crippen molar-refractivity contribution in [2.45, 2.75) is 57.0 Å². The fourth-order valence-corrected chi connectivity index (χ4v) is 4.27. The van der Waals surface area contributed by atoms with Crippen LogP contribution >= 0.6 is 0 Å². The lowest BCUT2D eigenvalue weighted by Crippen LogP contribution is -2.19. The summed E-state index contributed by atoms with van der Waals surface area (Å²) in [5.74, 6) is 1.24. The molecule has 0 amide bonds. The molecule has 3 aromatic rings. The van der Waals surface area contributed by atoms with Crippen molar-refractivity contribution in [2.24, 2.45) is 0 Å². The summed E-state index contributed by atoms with van der Waals surface area (Å²) in [7, 11) is 0. The average Bonchev–Trinajstić information content (AvgIpc) is 3.26. The van der Waals surface area contributed by atoms with E-state index in [-0.39, 0.29) is 0 Å². The second-order valence-electron chi connectivity index (χ2n) is 7.27. The molecule has 4 heterocycles. The van der Waals surface area contributed by atoms with E-state index >= 15 is 0 Å². The summed E-state index contributed by atoms with van der Waals surface area (Å²) in [6.07, 6.45) is 14.5. The van der Waals surface area contributed by atoms with Crippen LogP contribution in [0.4, 0.5) is 0 Å². The number of nitrogens with zero attached hydrogens (tertiary/aromatic N) is 3. The lowest BCUT2D eigenvalue weighted by Gasteiger charge is -2.21. The van der Waals surface area contributed by atoms with Crippen LogP contribution in [0.2, 0.25) is 0 Å². The van der Waals surface area contributed by atoms with Crippen molar-refractivity contribution in [1.29, 1.82) is 0 Å². The zero-order valence-corrected chi connectivity index (χ0v) is 14.4. The lowest BCUT2D eigenvalue weighted by molar-refractivity contribution is 0.0855. The summed E-state index contributed by atoms with van der Waals surface area (Å²) in [5, 5.41) is 0. The second kappa shape index (κ2) is 6.33. The minimum atomic E-state index is 0.309. The molecule has 1 N–H and O–H groups in total. The first-order chi connectivity index (χ1) is 12.4. The van der Waals surface area contributed by atoms with Gasteiger partial charge < -0.3 is 14.5 Å². The van der Waals surface area contributed by atoms with E-state index in [0.717, 1.165) is 61.6 Å². The Hall–Kier alpha value is -2.08. The summed E-state index contributed by atoms with van der Waals surface area (Å²) < 4.78 is 13.8. The van der Waals surface area contributed by atoms with Gasteiger partial charge in [0.15, 0.2) is 11.3 Å². The number of nitrogens with one attached hydrogen (secondary N) is 1. The van der Waals surface area contributed by atoms with Crippen LogP contribution in [0.3, 0.4) is 0 Å². The maximum absolute atomic E-state index is 6.16. The zero-order chi connectivity index (χ0) is 16.6. The number of hydrogen-bond donors (Lipinski definition) is 1. The first-order valence-corrected chi connectivity index (χ1v) is 9.48. The van der Waals surface area contributed by atoms with E-state index in [1.54, 1.807) is 0 Å². The number of aromatic amines is 1. The monoisotopic (exact) mass is 340 g/mol. The third kappa shape index (κ3) is 2.78. The molecule has 132 valence electrons. The van der Waals surface area contributed by atoms with Gasteiger partial charge >= 0.3 is 0 Å². The molecular formula is C19H24N4O2. The molecule has 0 aromatic carbocycles. The van der Waals surface area contributed by atoms with E-state index in [1.165, 1.54) is 24.8 Å². The molecule has 1 aliphatic heterocycles. The highest BCUT2D eigenvalue weighted by atomic mass is 16.5. The molecule has 3 aromatic heterocycles. The summed E-state index contributed by atoms with van der Waals surface area (Å²) in [4.78, 5) is 12.5. The number of aromatic nitrogens is 4. The Labute approximate surface area is 146 Å². The molecule has 0 unspecified atom stereocenters. The van der Waals surface area contributed by atoms with Crippen molar-refractivity contribution >= 4 is 16.8 Å². The van der Waals surface area contributed by atoms with Gasteiger partial charge in [0.25, 0.3) is 0 Å². The van der Waals surface area contributed by atoms with E-state index in [1.807, 2.05) is 12.4 Å². The molecule has 2 fully saturated rings. The molecule has 2 aliphatic rings. The van der Waals surface area contributed by atoms with E-state index in [2.05, 4.69) is 25.5 Å². The summed E-state index contributed by atoms with van der Waals surface area (Å²) in [6.45, 7) is 1.67. The first-order valence-electron chi connectivity index (χ1n) is 9.48. The van der Waals surface area contributed by atoms with Gasteiger partial charge in [-0.15, -0.1) is 0 Å². The molecule has 0 spiro atoms. The molecule has 6 heteroatoms. The largest absolute Gasteiger partial charge is 0.473 e. The van der Waals surface area contributed by atoms with Gasteiger partial charge in [-0.1, -0.05) is 6.42 Å². The van der Waals surface area contributed by atoms with Gasteiger partial charge in [-0.05, 0) is 50.0 Å². The van der Waals surface area contributed by atoms with Crippen LogP contribution in [-0.4, -0.2) is 38.7 Å². The van der Waals surface area contributed by atoms with Gasteiger partial charge in [-0.2, -0.15) is 4.98 Å². The van der Waals surface area contributed by atoms with Crippen molar-refractivity contribution in [3.05, 3.63) is 24.2 Å². The number of H-pyrrole nitrogens is 1. The summed E-state index contributed by atoms with van der Waals surface area (Å²) in [6, 6.07) is 0. The first kappa shape index (κ1) is 15.2. The van der Waals surface area contributed by atoms with Gasteiger partial charge in [0.2, 0.25) is 5.88 Å². The molecule has 5 rings (SSSR count). The minimum absolute atomic E-state index is 0.309. The van der Waals surface area contributed by atoms with Crippen LogP contribution in [0.1, 0.15) is 56.4 Å². The Morgan fingerprint density at radius 3 is 2.80 bits per heavy atom. The predicted molar refractivity (Wildman–Crippen MR) is 95.1 cm³/mol. The van der Waals surface area contributed by atoms with E-state index < -0.39 is 0 Å². The van der Waals surface area contributed by atoms with Gasteiger partial charge in [0.1, 0.15) is 6.10 Å². The molecule has 1 aliphatic carbocycles. The Balaban J connectivity index is 1.53. The molecule has 6 nitrogen and oxygen atoms in total. The van der Waals surface area contributed by atoms with E-state index in [0.29, 0.717) is 12.0 Å². The van der Waals surface area contributed by atoms with Crippen LogP contribution in [-0.2, 0) is 4.74 Å². The van der Waals surface area contributed by atoms with Crippen molar-refractivity contribution in [2.75, 3.05) is 13.2 Å². The van der Waals surface area contributed by atoms with E-state index in [4.69, 9.17) is 9.47 Å². The third-order valence-corrected chi connectivity index (χ3v) is 5.62. The molecule has 0 radical (unpaired) electrons. The molecule has 1 saturated carbocycles. The van der Waals surface area contributed by atoms with Crippen LogP contribution < -0.4 is 4.74 Å². The standard InChI is InChI=1S/C19H24N4O2/c1-2-4-14(5-3-1)25-17-12-23-16(22-17)11-21-19-18(23)15(10-20-19)13-6-8-24-9-7-13/h10-14,20H,1-9H2. The highest BCUT2D eigenvalue weighted by Gasteiger charge is 2.22. The Bertz CT molecular complexity index is 872. The minimum Gasteiger partial charge on any atom is -0.473 e. The molecular weight excluding hydrogens is 316 g/mol. The van der Waals surface area contributed by atoms with Gasteiger partial charge in [-0.25, -0.2) is 4.98 Å². The fourth-order valence-electron chi connectivity index (χ4n) is 4.27. The topological polar surface area (TPSA) is 64.4 Å². The highest BCUT2D eigenvalue weighted by molar-refractivity contribution is 5.79. The van der Waals surface area contributed by atoms with E-state index in [9.17, 15) is 0 Å². The quantitative estimate of drug-likeness (QED) is 0.787. The van der Waals surface area contributed by atoms with Crippen LogP contribution in [0.5, 0.6) is 5.88 Å². The van der Waals surface area contributed by atoms with Gasteiger partial charge in [0.05, 0.1) is 17.9 Å². The number of rotatable bonds is 3. The molecule has 1 saturated heterocycles. The molecule has 25 heavy (non-hydrogen) atoms. The third-order valence-electron chi connectivity index (χ3n) is 5.62. The normalized spacial score (nSPS) is 20.5. The summed E-state index contributed by atoms with van der Waals surface area (Å²) >= 11 is 0. The SMILES string of the molecule is c1[nH]c2ncc3nc(OC4CCCCC4)cn3c2c1C1CCOCC1. The summed E-state index contributed by atoms with van der Waals surface area (Å²) in [5.41, 5.74) is 4.22. The Kier molecular flexibility index (Phi) is 3.85. The predicted octanol–water partition coefficient (Wildman–Crippen LogP) is 3.82. The Morgan fingerprint density at radius 2 is 1.96 bits per heavy atom. The molecule has 0 bridgehead atoms. The van der Waals surface area contributed by atoms with Crippen molar-refractivity contribution in [3.63, 3.8) is 0 Å². The van der Waals surface area contributed by atoms with Crippen molar-refractivity contribution in [1.82, 2.24) is 19.4 Å². The highest BCUT2D eigenvalue weighted by Crippen LogP contribution is 2.33. The number of fused-ring (bicyclic) bond motifs is 3. The van der Waals surface area contributed by atoms with Crippen LogP contribution in [0.15, 0.2) is 18.6 Å². The fraction of sp³-hybridized carbons (Fsp3) is 0.579. The average molecular weight is 340 g/mol. The van der Waals surface area contributed by atoms with Crippen molar-refractivity contribution in [3.8, 4) is 5.88 Å². The number of hydrogen-bond acceptors (Lipinski definition) is 4.